The summed E-state index contributed by atoms with van der Waals surface area (Å²) in [4.78, 5) is 33.9. The van der Waals surface area contributed by atoms with Crippen molar-refractivity contribution in [3.63, 3.8) is 0 Å². The van der Waals surface area contributed by atoms with Crippen molar-refractivity contribution >= 4 is 11.9 Å². The Morgan fingerprint density at radius 1 is 1.03 bits per heavy atom. The van der Waals surface area contributed by atoms with Crippen LogP contribution in [0.3, 0.4) is 0 Å². The minimum Gasteiger partial charge on any atom is -0.450 e. The lowest BCUT2D eigenvalue weighted by molar-refractivity contribution is 0.105. The first-order chi connectivity index (χ1) is 14.2. The van der Waals surface area contributed by atoms with Crippen LogP contribution in [-0.2, 0) is 4.74 Å². The quantitative estimate of drug-likeness (QED) is 0.677. The Hall–Kier alpha value is -3.55. The van der Waals surface area contributed by atoms with Crippen LogP contribution in [0.1, 0.15) is 6.92 Å². The molecule has 8 heteroatoms. The van der Waals surface area contributed by atoms with Crippen LogP contribution in [0.25, 0.3) is 22.8 Å². The molecule has 0 saturated carbocycles. The van der Waals surface area contributed by atoms with Crippen molar-refractivity contribution in [1.82, 2.24) is 24.8 Å². The van der Waals surface area contributed by atoms with Crippen LogP contribution in [-0.4, -0.2) is 63.7 Å². The summed E-state index contributed by atoms with van der Waals surface area (Å²) in [7, 11) is 0. The molecule has 4 rings (SSSR count). The van der Waals surface area contributed by atoms with Crippen LogP contribution in [0.4, 0.5) is 10.6 Å². The largest absolute Gasteiger partial charge is 0.450 e. The van der Waals surface area contributed by atoms with E-state index in [9.17, 15) is 4.79 Å². The van der Waals surface area contributed by atoms with Gasteiger partial charge in [0.15, 0.2) is 5.82 Å². The third-order valence-corrected chi connectivity index (χ3v) is 4.69. The molecule has 3 aromatic heterocycles. The van der Waals surface area contributed by atoms with Gasteiger partial charge in [0.05, 0.1) is 18.0 Å². The summed E-state index contributed by atoms with van der Waals surface area (Å²) in [5.41, 5.74) is 2.38. The van der Waals surface area contributed by atoms with E-state index in [1.807, 2.05) is 43.3 Å². The summed E-state index contributed by atoms with van der Waals surface area (Å²) in [6.07, 6.45) is 4.96. The summed E-state index contributed by atoms with van der Waals surface area (Å²) in [6.45, 7) is 4.71. The van der Waals surface area contributed by atoms with Crippen molar-refractivity contribution in [2.45, 2.75) is 6.92 Å². The number of carbonyl (C=O) groups is 1. The number of carbonyl (C=O) groups excluding carboxylic acids is 1. The van der Waals surface area contributed by atoms with Gasteiger partial charge in [-0.3, -0.25) is 9.97 Å². The van der Waals surface area contributed by atoms with E-state index in [1.165, 1.54) is 0 Å². The van der Waals surface area contributed by atoms with Gasteiger partial charge in [-0.05, 0) is 31.2 Å². The van der Waals surface area contributed by atoms with Crippen LogP contribution in [0, 0.1) is 0 Å². The van der Waals surface area contributed by atoms with E-state index in [4.69, 9.17) is 14.7 Å². The highest BCUT2D eigenvalue weighted by molar-refractivity contribution is 5.69. The Bertz CT molecular complexity index is 902. The molecule has 1 fully saturated rings. The van der Waals surface area contributed by atoms with Gasteiger partial charge in [0.2, 0.25) is 0 Å². The number of hydrogen-bond donors (Lipinski definition) is 0. The number of anilines is 1. The van der Waals surface area contributed by atoms with Gasteiger partial charge in [0.25, 0.3) is 0 Å². The second-order valence-corrected chi connectivity index (χ2v) is 6.56. The summed E-state index contributed by atoms with van der Waals surface area (Å²) >= 11 is 0. The number of rotatable bonds is 4. The molecule has 0 atom stereocenters. The first-order valence-electron chi connectivity index (χ1n) is 9.62. The molecule has 3 aromatic rings. The highest BCUT2D eigenvalue weighted by atomic mass is 16.6. The fourth-order valence-electron chi connectivity index (χ4n) is 3.20. The Kier molecular flexibility index (Phi) is 5.60. The van der Waals surface area contributed by atoms with Crippen LogP contribution >= 0.6 is 0 Å². The van der Waals surface area contributed by atoms with Crippen molar-refractivity contribution in [2.75, 3.05) is 37.7 Å². The molecule has 1 amide bonds. The number of amides is 1. The van der Waals surface area contributed by atoms with Gasteiger partial charge in [-0.2, -0.15) is 0 Å². The number of nitrogens with zero attached hydrogens (tertiary/aromatic N) is 6. The maximum Gasteiger partial charge on any atom is 0.409 e. The Labute approximate surface area is 169 Å². The smallest absolute Gasteiger partial charge is 0.409 e. The van der Waals surface area contributed by atoms with E-state index in [1.54, 1.807) is 23.5 Å². The van der Waals surface area contributed by atoms with E-state index in [-0.39, 0.29) is 6.09 Å². The van der Waals surface area contributed by atoms with Crippen LogP contribution in [0.2, 0.25) is 0 Å². The topological polar surface area (TPSA) is 84.3 Å². The van der Waals surface area contributed by atoms with Gasteiger partial charge in [0.1, 0.15) is 5.82 Å². The lowest BCUT2D eigenvalue weighted by Gasteiger charge is -2.34. The zero-order valence-electron chi connectivity index (χ0n) is 16.2. The third-order valence-electron chi connectivity index (χ3n) is 4.69. The molecule has 0 aliphatic carbocycles. The predicted octanol–water partition coefficient (Wildman–Crippen LogP) is 2.88. The molecule has 0 spiro atoms. The molecule has 0 bridgehead atoms. The van der Waals surface area contributed by atoms with Crippen molar-refractivity contribution in [3.05, 3.63) is 55.0 Å². The number of aromatic nitrogens is 4. The van der Waals surface area contributed by atoms with Gasteiger partial charge in [-0.25, -0.2) is 14.8 Å². The Balaban J connectivity index is 1.64. The fraction of sp³-hybridized carbons (Fsp3) is 0.286. The average Bonchev–Trinajstić information content (AvgIpc) is 2.80. The van der Waals surface area contributed by atoms with Gasteiger partial charge in [-0.1, -0.05) is 6.07 Å². The maximum absolute atomic E-state index is 12.0. The van der Waals surface area contributed by atoms with Gasteiger partial charge in [0, 0.05) is 56.4 Å². The molecule has 0 radical (unpaired) electrons. The number of hydrogen-bond acceptors (Lipinski definition) is 7. The minimum atomic E-state index is -0.264. The summed E-state index contributed by atoms with van der Waals surface area (Å²) in [5, 5.41) is 0. The normalized spacial score (nSPS) is 14.0. The average molecular weight is 390 g/mol. The monoisotopic (exact) mass is 390 g/mol. The molecule has 1 aliphatic rings. The molecular formula is C21H22N6O2. The van der Waals surface area contributed by atoms with Crippen LogP contribution in [0.5, 0.6) is 0 Å². The SMILES string of the molecule is CCOC(=O)N1CCN(c2cc(-c3ccccn3)nc(-c3cccnc3)n2)CC1. The van der Waals surface area contributed by atoms with E-state index < -0.39 is 0 Å². The summed E-state index contributed by atoms with van der Waals surface area (Å²) < 4.78 is 5.10. The molecular weight excluding hydrogens is 368 g/mol. The number of piperazine rings is 1. The molecule has 29 heavy (non-hydrogen) atoms. The zero-order valence-corrected chi connectivity index (χ0v) is 16.2. The van der Waals surface area contributed by atoms with Crippen molar-refractivity contribution in [2.24, 2.45) is 0 Å². The van der Waals surface area contributed by atoms with E-state index >= 15 is 0 Å². The highest BCUT2D eigenvalue weighted by Crippen LogP contribution is 2.25. The summed E-state index contributed by atoms with van der Waals surface area (Å²) in [5.74, 6) is 1.41. The third kappa shape index (κ3) is 4.31. The highest BCUT2D eigenvalue weighted by Gasteiger charge is 2.23. The van der Waals surface area contributed by atoms with Crippen LogP contribution < -0.4 is 4.90 Å². The number of pyridine rings is 2. The molecule has 1 saturated heterocycles. The molecule has 8 nitrogen and oxygen atoms in total. The standard InChI is InChI=1S/C21H22N6O2/c1-2-29-21(28)27-12-10-26(11-13-27)19-14-18(17-7-3-4-9-23-17)24-20(25-19)16-6-5-8-22-15-16/h3-9,14-15H,2,10-13H2,1H3. The fourth-order valence-corrected chi connectivity index (χ4v) is 3.20. The lowest BCUT2D eigenvalue weighted by atomic mass is 10.2. The van der Waals surface area contributed by atoms with Gasteiger partial charge < -0.3 is 14.5 Å². The van der Waals surface area contributed by atoms with E-state index in [0.29, 0.717) is 38.6 Å². The first-order valence-corrected chi connectivity index (χ1v) is 9.62. The summed E-state index contributed by atoms with van der Waals surface area (Å²) in [6, 6.07) is 11.5. The van der Waals surface area contributed by atoms with Gasteiger partial charge in [-0.15, -0.1) is 0 Å². The second-order valence-electron chi connectivity index (χ2n) is 6.56. The van der Waals surface area contributed by atoms with Gasteiger partial charge >= 0.3 is 6.09 Å². The molecule has 0 unspecified atom stereocenters. The maximum atomic E-state index is 12.0. The minimum absolute atomic E-state index is 0.264. The Morgan fingerprint density at radius 3 is 2.59 bits per heavy atom. The van der Waals surface area contributed by atoms with Crippen LogP contribution in [0.15, 0.2) is 55.0 Å². The van der Waals surface area contributed by atoms with E-state index in [2.05, 4.69) is 14.9 Å². The second kappa shape index (κ2) is 8.64. The Morgan fingerprint density at radius 2 is 1.90 bits per heavy atom. The molecule has 0 aromatic carbocycles. The predicted molar refractivity (Wildman–Crippen MR) is 109 cm³/mol. The zero-order chi connectivity index (χ0) is 20.1. The van der Waals surface area contributed by atoms with E-state index in [0.717, 1.165) is 22.8 Å². The van der Waals surface area contributed by atoms with Crippen molar-refractivity contribution < 1.29 is 9.53 Å². The molecule has 1 aliphatic heterocycles. The number of ether oxygens (including phenoxy) is 1. The van der Waals surface area contributed by atoms with Crippen molar-refractivity contribution in [3.8, 4) is 22.8 Å². The first kappa shape index (κ1) is 18.8. The molecule has 148 valence electrons. The molecule has 0 N–H and O–H groups in total. The van der Waals surface area contributed by atoms with Crippen molar-refractivity contribution in [1.29, 1.82) is 0 Å². The lowest BCUT2D eigenvalue weighted by Crippen LogP contribution is -2.49. The molecule has 4 heterocycles.